The Morgan fingerprint density at radius 2 is 2.31 bits per heavy atom. The second-order valence-corrected chi connectivity index (χ2v) is 4.88. The first-order valence-corrected chi connectivity index (χ1v) is 6.03. The van der Waals surface area contributed by atoms with Gasteiger partial charge in [-0.3, -0.25) is 4.90 Å². The van der Waals surface area contributed by atoms with Crippen LogP contribution in [0.5, 0.6) is 0 Å². The van der Waals surface area contributed by atoms with E-state index < -0.39 is 0 Å². The van der Waals surface area contributed by atoms with Gasteiger partial charge in [-0.15, -0.1) is 0 Å². The SMILES string of the molecule is Cc1cc(C(C)N2CCC(CO)C2)c(C)o1. The Labute approximate surface area is 97.1 Å². The number of aliphatic hydroxyl groups excluding tert-OH is 1. The minimum atomic E-state index is 0.312. The van der Waals surface area contributed by atoms with E-state index in [0.717, 1.165) is 31.0 Å². The molecule has 1 N–H and O–H groups in total. The van der Waals surface area contributed by atoms with Crippen LogP contribution < -0.4 is 0 Å². The predicted molar refractivity (Wildman–Crippen MR) is 63.4 cm³/mol. The number of nitrogens with zero attached hydrogens (tertiary/aromatic N) is 1. The van der Waals surface area contributed by atoms with Crippen molar-refractivity contribution in [3.05, 3.63) is 23.2 Å². The van der Waals surface area contributed by atoms with Crippen LogP contribution in [-0.4, -0.2) is 29.7 Å². The average Bonchev–Trinajstić information content (AvgIpc) is 2.84. The van der Waals surface area contributed by atoms with Gasteiger partial charge in [0.2, 0.25) is 0 Å². The molecule has 1 aliphatic heterocycles. The third-order valence-corrected chi connectivity index (χ3v) is 3.65. The molecule has 90 valence electrons. The topological polar surface area (TPSA) is 36.6 Å². The zero-order valence-corrected chi connectivity index (χ0v) is 10.4. The molecule has 0 saturated carbocycles. The van der Waals surface area contributed by atoms with Crippen LogP contribution in [0.3, 0.4) is 0 Å². The van der Waals surface area contributed by atoms with Gasteiger partial charge in [-0.05, 0) is 45.7 Å². The summed E-state index contributed by atoms with van der Waals surface area (Å²) in [5.74, 6) is 2.46. The van der Waals surface area contributed by atoms with E-state index in [4.69, 9.17) is 9.52 Å². The third-order valence-electron chi connectivity index (χ3n) is 3.65. The fourth-order valence-electron chi connectivity index (χ4n) is 2.63. The van der Waals surface area contributed by atoms with Crippen LogP contribution in [0, 0.1) is 19.8 Å². The molecule has 0 amide bonds. The van der Waals surface area contributed by atoms with Gasteiger partial charge in [-0.2, -0.15) is 0 Å². The summed E-state index contributed by atoms with van der Waals surface area (Å²) in [6.07, 6.45) is 1.11. The van der Waals surface area contributed by atoms with Gasteiger partial charge in [0.1, 0.15) is 11.5 Å². The Morgan fingerprint density at radius 3 is 2.81 bits per heavy atom. The van der Waals surface area contributed by atoms with E-state index in [9.17, 15) is 0 Å². The highest BCUT2D eigenvalue weighted by Gasteiger charge is 2.27. The fraction of sp³-hybridized carbons (Fsp3) is 0.692. The van der Waals surface area contributed by atoms with Crippen molar-refractivity contribution >= 4 is 0 Å². The highest BCUT2D eigenvalue weighted by molar-refractivity contribution is 5.23. The number of rotatable bonds is 3. The smallest absolute Gasteiger partial charge is 0.105 e. The molecule has 1 aromatic rings. The molecule has 3 nitrogen and oxygen atoms in total. The molecule has 16 heavy (non-hydrogen) atoms. The van der Waals surface area contributed by atoms with E-state index >= 15 is 0 Å². The Bertz CT molecular complexity index is 359. The molecule has 2 heterocycles. The van der Waals surface area contributed by atoms with Gasteiger partial charge in [0.15, 0.2) is 0 Å². The molecule has 0 radical (unpaired) electrons. The summed E-state index contributed by atoms with van der Waals surface area (Å²) >= 11 is 0. The molecule has 3 heteroatoms. The van der Waals surface area contributed by atoms with Crippen molar-refractivity contribution in [3.63, 3.8) is 0 Å². The van der Waals surface area contributed by atoms with Crippen molar-refractivity contribution in [2.75, 3.05) is 19.7 Å². The van der Waals surface area contributed by atoms with Crippen molar-refractivity contribution in [2.24, 2.45) is 5.92 Å². The maximum absolute atomic E-state index is 9.15. The van der Waals surface area contributed by atoms with E-state index in [2.05, 4.69) is 17.9 Å². The van der Waals surface area contributed by atoms with Gasteiger partial charge in [-0.1, -0.05) is 0 Å². The van der Waals surface area contributed by atoms with Gasteiger partial charge < -0.3 is 9.52 Å². The van der Waals surface area contributed by atoms with Gasteiger partial charge >= 0.3 is 0 Å². The number of aliphatic hydroxyl groups is 1. The highest BCUT2D eigenvalue weighted by atomic mass is 16.3. The summed E-state index contributed by atoms with van der Waals surface area (Å²) in [5, 5.41) is 9.15. The zero-order valence-electron chi connectivity index (χ0n) is 10.4. The van der Waals surface area contributed by atoms with E-state index in [1.807, 2.05) is 13.8 Å². The Kier molecular flexibility index (Phi) is 3.36. The van der Waals surface area contributed by atoms with Crippen LogP contribution in [0.15, 0.2) is 10.5 Å². The minimum Gasteiger partial charge on any atom is -0.466 e. The summed E-state index contributed by atoms with van der Waals surface area (Å²) in [6.45, 7) is 8.63. The third kappa shape index (κ3) is 2.15. The first-order valence-electron chi connectivity index (χ1n) is 6.03. The molecule has 1 aromatic heterocycles. The van der Waals surface area contributed by atoms with Crippen LogP contribution in [0.4, 0.5) is 0 Å². The first kappa shape index (κ1) is 11.7. The number of furan rings is 1. The molecule has 0 spiro atoms. The standard InChI is InChI=1S/C13H21NO2/c1-9-6-13(11(3)16-9)10(2)14-5-4-12(7-14)8-15/h6,10,12,15H,4-5,7-8H2,1-3H3. The molecule has 0 aromatic carbocycles. The maximum atomic E-state index is 9.15. The summed E-state index contributed by atoms with van der Waals surface area (Å²) < 4.78 is 5.57. The summed E-state index contributed by atoms with van der Waals surface area (Å²) in [6, 6.07) is 2.53. The van der Waals surface area contributed by atoms with E-state index in [1.54, 1.807) is 0 Å². The van der Waals surface area contributed by atoms with Crippen LogP contribution >= 0.6 is 0 Å². The largest absolute Gasteiger partial charge is 0.466 e. The molecule has 0 bridgehead atoms. The molecule has 1 saturated heterocycles. The van der Waals surface area contributed by atoms with E-state index in [1.165, 1.54) is 5.56 Å². The van der Waals surface area contributed by atoms with Crippen molar-refractivity contribution in [1.82, 2.24) is 4.90 Å². The molecule has 2 unspecified atom stereocenters. The van der Waals surface area contributed by atoms with Crippen molar-refractivity contribution in [2.45, 2.75) is 33.2 Å². The second-order valence-electron chi connectivity index (χ2n) is 4.88. The first-order chi connectivity index (χ1) is 7.61. The maximum Gasteiger partial charge on any atom is 0.105 e. The molecular formula is C13H21NO2. The Balaban J connectivity index is 2.08. The zero-order chi connectivity index (χ0) is 11.7. The van der Waals surface area contributed by atoms with Crippen molar-refractivity contribution in [1.29, 1.82) is 0 Å². The van der Waals surface area contributed by atoms with E-state index in [-0.39, 0.29) is 0 Å². The van der Waals surface area contributed by atoms with Crippen LogP contribution in [0.1, 0.15) is 36.5 Å². The number of hydrogen-bond acceptors (Lipinski definition) is 3. The summed E-state index contributed by atoms with van der Waals surface area (Å²) in [5.41, 5.74) is 1.29. The van der Waals surface area contributed by atoms with Gasteiger partial charge in [0.05, 0.1) is 0 Å². The second kappa shape index (κ2) is 4.60. The molecule has 2 atom stereocenters. The fourth-order valence-corrected chi connectivity index (χ4v) is 2.63. The van der Waals surface area contributed by atoms with Crippen molar-refractivity contribution in [3.8, 4) is 0 Å². The summed E-state index contributed by atoms with van der Waals surface area (Å²) in [7, 11) is 0. The molecule has 1 fully saturated rings. The molecule has 0 aliphatic carbocycles. The lowest BCUT2D eigenvalue weighted by Crippen LogP contribution is -2.25. The number of likely N-dealkylation sites (tertiary alicyclic amines) is 1. The van der Waals surface area contributed by atoms with E-state index in [0.29, 0.717) is 18.6 Å². The highest BCUT2D eigenvalue weighted by Crippen LogP contribution is 2.30. The number of aryl methyl sites for hydroxylation is 2. The normalized spacial score (nSPS) is 23.9. The van der Waals surface area contributed by atoms with Gasteiger partial charge in [0.25, 0.3) is 0 Å². The monoisotopic (exact) mass is 223 g/mol. The molecular weight excluding hydrogens is 202 g/mol. The molecule has 1 aliphatic rings. The van der Waals surface area contributed by atoms with Gasteiger partial charge in [-0.25, -0.2) is 0 Å². The quantitative estimate of drug-likeness (QED) is 0.854. The Hall–Kier alpha value is -0.800. The van der Waals surface area contributed by atoms with Crippen LogP contribution in [0.2, 0.25) is 0 Å². The van der Waals surface area contributed by atoms with Gasteiger partial charge in [0, 0.05) is 24.8 Å². The van der Waals surface area contributed by atoms with Crippen LogP contribution in [-0.2, 0) is 0 Å². The minimum absolute atomic E-state index is 0.312. The predicted octanol–water partition coefficient (Wildman–Crippen LogP) is 2.27. The lowest BCUT2D eigenvalue weighted by atomic mass is 10.1. The number of hydrogen-bond donors (Lipinski definition) is 1. The lowest BCUT2D eigenvalue weighted by molar-refractivity contribution is 0.204. The molecule has 2 rings (SSSR count). The van der Waals surface area contributed by atoms with Crippen molar-refractivity contribution < 1.29 is 9.52 Å². The van der Waals surface area contributed by atoms with Crippen LogP contribution in [0.25, 0.3) is 0 Å². The Morgan fingerprint density at radius 1 is 1.56 bits per heavy atom. The summed E-state index contributed by atoms with van der Waals surface area (Å²) in [4.78, 5) is 2.43. The lowest BCUT2D eigenvalue weighted by Gasteiger charge is -2.23. The average molecular weight is 223 g/mol.